The van der Waals surface area contributed by atoms with Crippen molar-refractivity contribution in [1.82, 2.24) is 0 Å². The number of benzene rings is 9. The Balaban J connectivity index is 1.05. The number of fused-ring (bicyclic) bond motifs is 9. The standard InChI is InChI=1S/C53H37NO/c1-53(2)48-19-7-5-14-44(48)45-32-31-40(33-49(45)53)54(39-29-25-36(26-30-39)43-17-10-18-47-46-15-6-8-20-50(46)55-52(43)47)38-27-23-35(24-28-38)42-16-9-12-37-22-21-34-11-3-4-13-41(34)51(37)42/h3-33H,1-2H3. The van der Waals surface area contributed by atoms with Crippen LogP contribution in [0.3, 0.4) is 0 Å². The monoisotopic (exact) mass is 703 g/mol. The Kier molecular flexibility index (Phi) is 6.93. The number of nitrogens with zero attached hydrogens (tertiary/aromatic N) is 1. The van der Waals surface area contributed by atoms with E-state index in [2.05, 4.69) is 195 Å². The van der Waals surface area contributed by atoms with Gasteiger partial charge >= 0.3 is 0 Å². The lowest BCUT2D eigenvalue weighted by Crippen LogP contribution is -2.16. The van der Waals surface area contributed by atoms with Crippen LogP contribution in [0, 0.1) is 0 Å². The lowest BCUT2D eigenvalue weighted by atomic mass is 9.82. The summed E-state index contributed by atoms with van der Waals surface area (Å²) in [6.45, 7) is 4.70. The van der Waals surface area contributed by atoms with Gasteiger partial charge in [0.1, 0.15) is 11.2 Å². The molecular weight excluding hydrogens is 667 g/mol. The molecule has 0 atom stereocenters. The maximum absolute atomic E-state index is 6.43. The third-order valence-corrected chi connectivity index (χ3v) is 11.9. The molecule has 1 aliphatic carbocycles. The van der Waals surface area contributed by atoms with Gasteiger partial charge in [0, 0.05) is 38.8 Å². The third kappa shape index (κ3) is 4.88. The third-order valence-electron chi connectivity index (χ3n) is 11.9. The number of anilines is 3. The smallest absolute Gasteiger partial charge is 0.143 e. The van der Waals surface area contributed by atoms with E-state index in [1.54, 1.807) is 0 Å². The highest BCUT2D eigenvalue weighted by Crippen LogP contribution is 2.51. The highest BCUT2D eigenvalue weighted by Gasteiger charge is 2.35. The van der Waals surface area contributed by atoms with Gasteiger partial charge in [0.05, 0.1) is 0 Å². The van der Waals surface area contributed by atoms with Crippen molar-refractivity contribution in [3.05, 3.63) is 199 Å². The van der Waals surface area contributed by atoms with Crippen molar-refractivity contribution in [2.24, 2.45) is 0 Å². The SMILES string of the molecule is CC1(C)c2ccccc2-c2ccc(N(c3ccc(-c4cccc5c4oc4ccccc45)cc3)c3ccc(-c4cccc5ccc6ccccc6c45)cc3)cc21. The second kappa shape index (κ2) is 12.1. The van der Waals surface area contributed by atoms with Gasteiger partial charge in [0.15, 0.2) is 0 Å². The molecule has 0 radical (unpaired) electrons. The van der Waals surface area contributed by atoms with Gasteiger partial charge in [0.2, 0.25) is 0 Å². The van der Waals surface area contributed by atoms with Crippen LogP contribution < -0.4 is 4.90 Å². The molecule has 55 heavy (non-hydrogen) atoms. The summed E-state index contributed by atoms with van der Waals surface area (Å²) in [5.74, 6) is 0. The molecule has 1 aromatic heterocycles. The van der Waals surface area contributed by atoms with Crippen LogP contribution in [0.15, 0.2) is 192 Å². The van der Waals surface area contributed by atoms with E-state index < -0.39 is 0 Å². The molecule has 1 aliphatic rings. The summed E-state index contributed by atoms with van der Waals surface area (Å²) in [7, 11) is 0. The van der Waals surface area contributed by atoms with E-state index in [4.69, 9.17) is 4.42 Å². The van der Waals surface area contributed by atoms with E-state index in [-0.39, 0.29) is 5.41 Å². The van der Waals surface area contributed by atoms with Crippen molar-refractivity contribution in [3.8, 4) is 33.4 Å². The first kappa shape index (κ1) is 31.6. The Morgan fingerprint density at radius 3 is 1.78 bits per heavy atom. The van der Waals surface area contributed by atoms with Crippen molar-refractivity contribution >= 4 is 60.5 Å². The molecule has 0 spiro atoms. The van der Waals surface area contributed by atoms with Crippen LogP contribution in [-0.2, 0) is 5.41 Å². The molecule has 260 valence electrons. The fourth-order valence-electron chi connectivity index (χ4n) is 9.13. The minimum atomic E-state index is -0.107. The van der Waals surface area contributed by atoms with Gasteiger partial charge < -0.3 is 9.32 Å². The fourth-order valence-corrected chi connectivity index (χ4v) is 9.13. The van der Waals surface area contributed by atoms with Gasteiger partial charge in [-0.1, -0.05) is 159 Å². The zero-order valence-electron chi connectivity index (χ0n) is 30.8. The number of hydrogen-bond acceptors (Lipinski definition) is 2. The summed E-state index contributed by atoms with van der Waals surface area (Å²) in [6, 6.07) is 68.4. The Hall–Kier alpha value is -6.90. The average Bonchev–Trinajstić information content (AvgIpc) is 3.73. The van der Waals surface area contributed by atoms with E-state index >= 15 is 0 Å². The number of hydrogen-bond donors (Lipinski definition) is 0. The molecule has 10 aromatic rings. The quantitative estimate of drug-likeness (QED) is 0.166. The molecule has 0 saturated carbocycles. The highest BCUT2D eigenvalue weighted by atomic mass is 16.3. The van der Waals surface area contributed by atoms with Gasteiger partial charge in [-0.2, -0.15) is 0 Å². The minimum absolute atomic E-state index is 0.107. The first-order chi connectivity index (χ1) is 27.0. The van der Waals surface area contributed by atoms with Gasteiger partial charge in [-0.3, -0.25) is 0 Å². The Morgan fingerprint density at radius 2 is 0.964 bits per heavy atom. The van der Waals surface area contributed by atoms with E-state index in [1.807, 2.05) is 12.1 Å². The second-order valence-electron chi connectivity index (χ2n) is 15.3. The van der Waals surface area contributed by atoms with Crippen LogP contribution >= 0.6 is 0 Å². The molecule has 0 N–H and O–H groups in total. The second-order valence-corrected chi connectivity index (χ2v) is 15.3. The molecule has 0 amide bonds. The Morgan fingerprint density at radius 1 is 0.400 bits per heavy atom. The lowest BCUT2D eigenvalue weighted by Gasteiger charge is -2.28. The predicted octanol–water partition coefficient (Wildman–Crippen LogP) is 15.0. The maximum Gasteiger partial charge on any atom is 0.143 e. The van der Waals surface area contributed by atoms with Crippen LogP contribution in [0.4, 0.5) is 17.1 Å². The first-order valence-electron chi connectivity index (χ1n) is 19.1. The van der Waals surface area contributed by atoms with Crippen molar-refractivity contribution in [1.29, 1.82) is 0 Å². The molecule has 1 heterocycles. The molecule has 0 unspecified atom stereocenters. The molecule has 2 nitrogen and oxygen atoms in total. The van der Waals surface area contributed by atoms with Crippen LogP contribution in [0.1, 0.15) is 25.0 Å². The predicted molar refractivity (Wildman–Crippen MR) is 232 cm³/mol. The zero-order chi connectivity index (χ0) is 36.7. The van der Waals surface area contributed by atoms with Crippen molar-refractivity contribution in [2.75, 3.05) is 4.90 Å². The van der Waals surface area contributed by atoms with E-state index in [9.17, 15) is 0 Å². The van der Waals surface area contributed by atoms with Gasteiger partial charge in [-0.15, -0.1) is 0 Å². The van der Waals surface area contributed by atoms with Crippen LogP contribution in [0.2, 0.25) is 0 Å². The zero-order valence-corrected chi connectivity index (χ0v) is 30.8. The van der Waals surface area contributed by atoms with E-state index in [0.29, 0.717) is 0 Å². The van der Waals surface area contributed by atoms with Crippen LogP contribution in [-0.4, -0.2) is 0 Å². The maximum atomic E-state index is 6.43. The molecule has 11 rings (SSSR count). The summed E-state index contributed by atoms with van der Waals surface area (Å²) < 4.78 is 6.43. The topological polar surface area (TPSA) is 16.4 Å². The van der Waals surface area contributed by atoms with Crippen molar-refractivity contribution < 1.29 is 4.42 Å². The lowest BCUT2D eigenvalue weighted by molar-refractivity contribution is 0.660. The molecule has 9 aromatic carbocycles. The van der Waals surface area contributed by atoms with Crippen molar-refractivity contribution in [2.45, 2.75) is 19.3 Å². The number of furan rings is 1. The van der Waals surface area contributed by atoms with Crippen LogP contribution in [0.5, 0.6) is 0 Å². The average molecular weight is 704 g/mol. The van der Waals surface area contributed by atoms with Gasteiger partial charge in [-0.25, -0.2) is 0 Å². The minimum Gasteiger partial charge on any atom is -0.455 e. The molecule has 0 bridgehead atoms. The summed E-state index contributed by atoms with van der Waals surface area (Å²) in [6.07, 6.45) is 0. The number of rotatable bonds is 5. The molecule has 2 heteroatoms. The summed E-state index contributed by atoms with van der Waals surface area (Å²) in [5.41, 5.74) is 15.1. The molecular formula is C53H37NO. The largest absolute Gasteiger partial charge is 0.455 e. The van der Waals surface area contributed by atoms with Gasteiger partial charge in [0.25, 0.3) is 0 Å². The fraction of sp³-hybridized carbons (Fsp3) is 0.0566. The Bertz CT molecular complexity index is 3110. The van der Waals surface area contributed by atoms with Crippen LogP contribution in [0.25, 0.3) is 76.9 Å². The van der Waals surface area contributed by atoms with E-state index in [1.165, 1.54) is 54.9 Å². The summed E-state index contributed by atoms with van der Waals surface area (Å²) in [4.78, 5) is 2.40. The van der Waals surface area contributed by atoms with E-state index in [0.717, 1.165) is 50.1 Å². The summed E-state index contributed by atoms with van der Waals surface area (Å²) >= 11 is 0. The first-order valence-corrected chi connectivity index (χ1v) is 19.1. The normalized spacial score (nSPS) is 13.1. The summed E-state index contributed by atoms with van der Waals surface area (Å²) in [5, 5.41) is 7.36. The molecule has 0 saturated heterocycles. The highest BCUT2D eigenvalue weighted by molar-refractivity contribution is 6.14. The Labute approximate surface area is 320 Å². The van der Waals surface area contributed by atoms with Crippen molar-refractivity contribution in [3.63, 3.8) is 0 Å². The molecule has 0 fully saturated rings. The molecule has 0 aliphatic heterocycles. The number of para-hydroxylation sites is 2. The van der Waals surface area contributed by atoms with Gasteiger partial charge in [-0.05, 0) is 103 Å².